The molecule has 0 radical (unpaired) electrons. The Balaban J connectivity index is 2.54. The summed E-state index contributed by atoms with van der Waals surface area (Å²) in [5.74, 6) is -0.333. The topological polar surface area (TPSA) is 53.1 Å². The predicted molar refractivity (Wildman–Crippen MR) is 64.1 cm³/mol. The highest BCUT2D eigenvalue weighted by atomic mass is 35.5. The number of halogens is 1. The molecule has 2 rings (SSSR count). The summed E-state index contributed by atoms with van der Waals surface area (Å²) in [6, 6.07) is 7.71. The summed E-state index contributed by atoms with van der Waals surface area (Å²) in [7, 11) is 0. The number of aromatic amines is 1. The lowest BCUT2D eigenvalue weighted by Crippen LogP contribution is -2.03. The van der Waals surface area contributed by atoms with Crippen molar-refractivity contribution in [2.45, 2.75) is 12.8 Å². The van der Waals surface area contributed by atoms with Crippen molar-refractivity contribution in [2.75, 3.05) is 5.88 Å². The van der Waals surface area contributed by atoms with Gasteiger partial charge in [-0.1, -0.05) is 18.2 Å². The molecule has 1 heterocycles. The molecule has 0 saturated heterocycles. The smallest absolute Gasteiger partial charge is 0.307 e. The minimum absolute atomic E-state index is 0.0379. The molecule has 4 heteroatoms. The molecule has 0 aliphatic rings. The van der Waals surface area contributed by atoms with Crippen molar-refractivity contribution in [3.8, 4) is 0 Å². The largest absolute Gasteiger partial charge is 0.481 e. The van der Waals surface area contributed by atoms with Crippen LogP contribution in [-0.4, -0.2) is 21.9 Å². The van der Waals surface area contributed by atoms with Crippen molar-refractivity contribution in [1.29, 1.82) is 0 Å². The molecule has 2 N–H and O–H groups in total. The van der Waals surface area contributed by atoms with Crippen molar-refractivity contribution in [2.24, 2.45) is 0 Å². The van der Waals surface area contributed by atoms with E-state index in [2.05, 4.69) is 4.98 Å². The van der Waals surface area contributed by atoms with Gasteiger partial charge in [-0.2, -0.15) is 0 Å². The van der Waals surface area contributed by atoms with E-state index in [9.17, 15) is 4.79 Å². The van der Waals surface area contributed by atoms with Crippen LogP contribution in [0.25, 0.3) is 10.9 Å². The molecule has 84 valence electrons. The van der Waals surface area contributed by atoms with Gasteiger partial charge in [-0.3, -0.25) is 4.79 Å². The second-order valence-electron chi connectivity index (χ2n) is 3.64. The zero-order valence-corrected chi connectivity index (χ0v) is 9.42. The molecule has 0 amide bonds. The molecule has 0 aliphatic heterocycles. The number of rotatable bonds is 4. The van der Waals surface area contributed by atoms with Gasteiger partial charge < -0.3 is 10.1 Å². The third-order valence-corrected chi connectivity index (χ3v) is 2.76. The van der Waals surface area contributed by atoms with Crippen molar-refractivity contribution in [3.63, 3.8) is 0 Å². The van der Waals surface area contributed by atoms with Gasteiger partial charge >= 0.3 is 5.97 Å². The number of benzene rings is 1. The van der Waals surface area contributed by atoms with E-state index in [-0.39, 0.29) is 6.42 Å². The van der Waals surface area contributed by atoms with Crippen LogP contribution in [0, 0.1) is 0 Å². The molecule has 16 heavy (non-hydrogen) atoms. The first-order chi connectivity index (χ1) is 7.72. The minimum atomic E-state index is -0.819. The maximum atomic E-state index is 10.8. The second kappa shape index (κ2) is 4.58. The number of carboxylic acids is 1. The molecule has 1 aromatic heterocycles. The first kappa shape index (κ1) is 11.0. The summed E-state index contributed by atoms with van der Waals surface area (Å²) in [5, 5.41) is 9.87. The van der Waals surface area contributed by atoms with E-state index < -0.39 is 5.97 Å². The Bertz CT molecular complexity index is 519. The van der Waals surface area contributed by atoms with Crippen molar-refractivity contribution in [3.05, 3.63) is 35.5 Å². The van der Waals surface area contributed by atoms with Crippen LogP contribution in [0.15, 0.2) is 24.3 Å². The average molecular weight is 238 g/mol. The fraction of sp³-hybridized carbons (Fsp3) is 0.250. The van der Waals surface area contributed by atoms with E-state index in [4.69, 9.17) is 16.7 Å². The van der Waals surface area contributed by atoms with Gasteiger partial charge in [-0.25, -0.2) is 0 Å². The Morgan fingerprint density at radius 2 is 2.12 bits per heavy atom. The molecule has 1 aromatic carbocycles. The van der Waals surface area contributed by atoms with Gasteiger partial charge in [-0.15, -0.1) is 11.6 Å². The lowest BCUT2D eigenvalue weighted by Gasteiger charge is -1.99. The molecule has 0 spiro atoms. The Morgan fingerprint density at radius 1 is 1.38 bits per heavy atom. The minimum Gasteiger partial charge on any atom is -0.481 e. The number of hydrogen-bond acceptors (Lipinski definition) is 1. The summed E-state index contributed by atoms with van der Waals surface area (Å²) >= 11 is 5.70. The van der Waals surface area contributed by atoms with Crippen LogP contribution in [0.5, 0.6) is 0 Å². The predicted octanol–water partition coefficient (Wildman–Crippen LogP) is 2.58. The number of hydrogen-bond donors (Lipinski definition) is 2. The van der Waals surface area contributed by atoms with Crippen LogP contribution in [0.3, 0.4) is 0 Å². The van der Waals surface area contributed by atoms with Crippen LogP contribution in [0.2, 0.25) is 0 Å². The number of aliphatic carboxylic acids is 1. The monoisotopic (exact) mass is 237 g/mol. The van der Waals surface area contributed by atoms with Crippen molar-refractivity contribution in [1.82, 2.24) is 4.98 Å². The summed E-state index contributed by atoms with van der Waals surface area (Å²) < 4.78 is 0. The molecule has 0 aliphatic carbocycles. The van der Waals surface area contributed by atoms with Gasteiger partial charge in [0.25, 0.3) is 0 Å². The quantitative estimate of drug-likeness (QED) is 0.803. The maximum absolute atomic E-state index is 10.8. The second-order valence-corrected chi connectivity index (χ2v) is 4.02. The lowest BCUT2D eigenvalue weighted by molar-refractivity contribution is -0.136. The SMILES string of the molecule is O=C(O)Cc1c(CCCl)[nH]c2ccccc12. The molecule has 0 saturated carbocycles. The highest BCUT2D eigenvalue weighted by Crippen LogP contribution is 2.23. The highest BCUT2D eigenvalue weighted by molar-refractivity contribution is 6.18. The van der Waals surface area contributed by atoms with Gasteiger partial charge in [0.15, 0.2) is 0 Å². The fourth-order valence-corrected chi connectivity index (χ4v) is 2.11. The number of H-pyrrole nitrogens is 1. The number of aromatic nitrogens is 1. The van der Waals surface area contributed by atoms with Crippen LogP contribution in [0.1, 0.15) is 11.3 Å². The number of alkyl halides is 1. The van der Waals surface area contributed by atoms with Crippen LogP contribution >= 0.6 is 11.6 Å². The van der Waals surface area contributed by atoms with Gasteiger partial charge in [0, 0.05) is 28.9 Å². The maximum Gasteiger partial charge on any atom is 0.307 e. The molecule has 0 bridgehead atoms. The molecule has 2 aromatic rings. The van der Waals surface area contributed by atoms with Crippen molar-refractivity contribution < 1.29 is 9.90 Å². The Kier molecular flexibility index (Phi) is 3.15. The Morgan fingerprint density at radius 3 is 2.81 bits per heavy atom. The summed E-state index contributed by atoms with van der Waals surface area (Å²) in [4.78, 5) is 14.0. The van der Waals surface area contributed by atoms with Crippen LogP contribution < -0.4 is 0 Å². The average Bonchev–Trinajstić information content (AvgIpc) is 2.57. The van der Waals surface area contributed by atoms with E-state index in [1.54, 1.807) is 0 Å². The molecule has 0 fully saturated rings. The lowest BCUT2D eigenvalue weighted by atomic mass is 10.1. The number of nitrogens with one attached hydrogen (secondary N) is 1. The van der Waals surface area contributed by atoms with E-state index >= 15 is 0 Å². The van der Waals surface area contributed by atoms with E-state index in [1.807, 2.05) is 24.3 Å². The Labute approximate surface area is 98.0 Å². The van der Waals surface area contributed by atoms with Crippen LogP contribution in [-0.2, 0) is 17.6 Å². The van der Waals surface area contributed by atoms with E-state index in [0.29, 0.717) is 12.3 Å². The molecule has 0 atom stereocenters. The zero-order valence-electron chi connectivity index (χ0n) is 8.66. The van der Waals surface area contributed by atoms with Gasteiger partial charge in [0.05, 0.1) is 6.42 Å². The number of fused-ring (bicyclic) bond motifs is 1. The molecule has 3 nitrogen and oxygen atoms in total. The number of aryl methyl sites for hydroxylation is 1. The standard InChI is InChI=1S/C12H12ClNO2/c13-6-5-11-9(7-12(15)16)8-3-1-2-4-10(8)14-11/h1-4,14H,5-7H2,(H,15,16). The van der Waals surface area contributed by atoms with Gasteiger partial charge in [0.1, 0.15) is 0 Å². The normalized spacial score (nSPS) is 10.8. The third kappa shape index (κ3) is 2.04. The van der Waals surface area contributed by atoms with Crippen molar-refractivity contribution >= 4 is 28.5 Å². The molecular formula is C12H12ClNO2. The first-order valence-electron chi connectivity index (χ1n) is 5.08. The summed E-state index contributed by atoms with van der Waals surface area (Å²) in [6.07, 6.45) is 0.703. The fourth-order valence-electron chi connectivity index (χ4n) is 1.92. The first-order valence-corrected chi connectivity index (χ1v) is 5.62. The van der Waals surface area contributed by atoms with E-state index in [1.165, 1.54) is 0 Å². The number of carboxylic acid groups (broad SMARTS) is 1. The zero-order chi connectivity index (χ0) is 11.5. The number of para-hydroxylation sites is 1. The van der Waals surface area contributed by atoms with Crippen LogP contribution in [0.4, 0.5) is 0 Å². The van der Waals surface area contributed by atoms with Gasteiger partial charge in [0.2, 0.25) is 0 Å². The summed E-state index contributed by atoms with van der Waals surface area (Å²) in [5.41, 5.74) is 2.75. The summed E-state index contributed by atoms with van der Waals surface area (Å²) in [6.45, 7) is 0. The molecule has 0 unspecified atom stereocenters. The third-order valence-electron chi connectivity index (χ3n) is 2.57. The Hall–Kier alpha value is -1.48. The number of carbonyl (C=O) groups is 1. The highest BCUT2D eigenvalue weighted by Gasteiger charge is 2.13. The van der Waals surface area contributed by atoms with Gasteiger partial charge in [-0.05, 0) is 11.6 Å². The van der Waals surface area contributed by atoms with E-state index in [0.717, 1.165) is 22.2 Å². The molecular weight excluding hydrogens is 226 g/mol.